The minimum atomic E-state index is 0. The van der Waals surface area contributed by atoms with E-state index in [2.05, 4.69) is 41.4 Å². The van der Waals surface area contributed by atoms with Gasteiger partial charge in [0.15, 0.2) is 0 Å². The molecule has 1 unspecified atom stereocenters. The molecule has 1 saturated carbocycles. The molecule has 20 heavy (non-hydrogen) atoms. The van der Waals surface area contributed by atoms with Crippen LogP contribution < -0.4 is 10.1 Å². The van der Waals surface area contributed by atoms with Crippen LogP contribution in [-0.2, 0) is 6.54 Å². The molecule has 1 aromatic carbocycles. The van der Waals surface area contributed by atoms with Crippen molar-refractivity contribution in [1.29, 1.82) is 0 Å². The first kappa shape index (κ1) is 15.6. The van der Waals surface area contributed by atoms with Crippen molar-refractivity contribution in [3.63, 3.8) is 0 Å². The summed E-state index contributed by atoms with van der Waals surface area (Å²) in [7, 11) is 0. The Hall–Kier alpha value is -0.770. The van der Waals surface area contributed by atoms with E-state index in [9.17, 15) is 0 Å². The molecular formula is C16H25ClN2O. The lowest BCUT2D eigenvalue weighted by Gasteiger charge is -2.31. The van der Waals surface area contributed by atoms with Gasteiger partial charge in [-0.25, -0.2) is 0 Å². The summed E-state index contributed by atoms with van der Waals surface area (Å²) in [6, 6.07) is 9.24. The smallest absolute Gasteiger partial charge is 0.119 e. The van der Waals surface area contributed by atoms with Gasteiger partial charge >= 0.3 is 0 Å². The highest BCUT2D eigenvalue weighted by atomic mass is 35.5. The second-order valence-electron chi connectivity index (χ2n) is 5.99. The zero-order valence-electron chi connectivity index (χ0n) is 12.2. The Morgan fingerprint density at radius 2 is 2.00 bits per heavy atom. The molecule has 1 aliphatic heterocycles. The molecule has 112 valence electrons. The fourth-order valence-electron chi connectivity index (χ4n) is 2.60. The van der Waals surface area contributed by atoms with E-state index in [0.717, 1.165) is 44.5 Å². The summed E-state index contributed by atoms with van der Waals surface area (Å²) in [4.78, 5) is 2.52. The van der Waals surface area contributed by atoms with Gasteiger partial charge in [-0.3, -0.25) is 4.90 Å². The van der Waals surface area contributed by atoms with Crippen molar-refractivity contribution in [2.24, 2.45) is 5.92 Å². The van der Waals surface area contributed by atoms with Crippen LogP contribution in [0.1, 0.15) is 25.3 Å². The number of ether oxygens (including phenoxy) is 1. The molecule has 1 heterocycles. The predicted molar refractivity (Wildman–Crippen MR) is 84.7 cm³/mol. The van der Waals surface area contributed by atoms with Crippen LogP contribution in [0.3, 0.4) is 0 Å². The minimum Gasteiger partial charge on any atom is -0.493 e. The van der Waals surface area contributed by atoms with Gasteiger partial charge in [0.25, 0.3) is 0 Å². The van der Waals surface area contributed by atoms with E-state index < -0.39 is 0 Å². The van der Waals surface area contributed by atoms with E-state index in [1.54, 1.807) is 0 Å². The van der Waals surface area contributed by atoms with E-state index in [1.165, 1.54) is 18.4 Å². The predicted octanol–water partition coefficient (Wildman–Crippen LogP) is 2.69. The summed E-state index contributed by atoms with van der Waals surface area (Å²) in [6.07, 6.45) is 2.69. The Morgan fingerprint density at radius 1 is 1.25 bits per heavy atom. The molecule has 2 fully saturated rings. The zero-order valence-corrected chi connectivity index (χ0v) is 13.0. The van der Waals surface area contributed by atoms with Crippen molar-refractivity contribution < 1.29 is 4.74 Å². The third kappa shape index (κ3) is 4.65. The van der Waals surface area contributed by atoms with Gasteiger partial charge in [0.1, 0.15) is 5.75 Å². The number of piperazine rings is 1. The van der Waals surface area contributed by atoms with Gasteiger partial charge in [-0.15, -0.1) is 12.4 Å². The number of nitrogens with one attached hydrogen (secondary N) is 1. The highest BCUT2D eigenvalue weighted by Gasteiger charge is 2.21. The van der Waals surface area contributed by atoms with Crippen LogP contribution >= 0.6 is 12.4 Å². The third-order valence-corrected chi connectivity index (χ3v) is 3.97. The molecule has 2 aliphatic rings. The Labute approximate surface area is 128 Å². The van der Waals surface area contributed by atoms with Gasteiger partial charge < -0.3 is 10.1 Å². The minimum absolute atomic E-state index is 0. The summed E-state index contributed by atoms with van der Waals surface area (Å²) in [6.45, 7) is 7.58. The fourth-order valence-corrected chi connectivity index (χ4v) is 2.60. The summed E-state index contributed by atoms with van der Waals surface area (Å²) >= 11 is 0. The topological polar surface area (TPSA) is 24.5 Å². The lowest BCUT2D eigenvalue weighted by molar-refractivity contribution is 0.199. The van der Waals surface area contributed by atoms with Crippen LogP contribution in [0, 0.1) is 5.92 Å². The maximum atomic E-state index is 5.77. The molecule has 1 atom stereocenters. The lowest BCUT2D eigenvalue weighted by atomic mass is 10.1. The van der Waals surface area contributed by atoms with Gasteiger partial charge in [0.2, 0.25) is 0 Å². The Kier molecular flexibility index (Phi) is 5.70. The monoisotopic (exact) mass is 296 g/mol. The number of benzene rings is 1. The molecule has 0 amide bonds. The second kappa shape index (κ2) is 7.30. The van der Waals surface area contributed by atoms with Crippen LogP contribution in [-0.4, -0.2) is 37.2 Å². The standard InChI is InChI=1S/C16H24N2O.ClH/c1-13-10-18(9-8-17-13)11-14-4-6-16(7-5-14)19-12-15-2-3-15;/h4-7,13,15,17H,2-3,8-12H2,1H3;1H. The first-order chi connectivity index (χ1) is 9.29. The Balaban J connectivity index is 0.00000147. The third-order valence-electron chi connectivity index (χ3n) is 3.97. The molecule has 0 spiro atoms. The van der Waals surface area contributed by atoms with Crippen molar-refractivity contribution in [2.75, 3.05) is 26.2 Å². The van der Waals surface area contributed by atoms with Gasteiger partial charge in [0.05, 0.1) is 6.61 Å². The largest absolute Gasteiger partial charge is 0.493 e. The van der Waals surface area contributed by atoms with Gasteiger partial charge in [-0.05, 0) is 43.4 Å². The summed E-state index contributed by atoms with van der Waals surface area (Å²) < 4.78 is 5.77. The van der Waals surface area contributed by atoms with Crippen LogP contribution in [0.2, 0.25) is 0 Å². The molecule has 0 radical (unpaired) electrons. The van der Waals surface area contributed by atoms with Crippen molar-refractivity contribution >= 4 is 12.4 Å². The summed E-state index contributed by atoms with van der Waals surface area (Å²) in [5, 5.41) is 3.48. The van der Waals surface area contributed by atoms with Gasteiger partial charge in [-0.2, -0.15) is 0 Å². The number of rotatable bonds is 5. The maximum Gasteiger partial charge on any atom is 0.119 e. The quantitative estimate of drug-likeness (QED) is 0.904. The number of hydrogen-bond donors (Lipinski definition) is 1. The summed E-state index contributed by atoms with van der Waals surface area (Å²) in [5.41, 5.74) is 1.38. The van der Waals surface area contributed by atoms with Crippen molar-refractivity contribution in [3.8, 4) is 5.75 Å². The Morgan fingerprint density at radius 3 is 2.65 bits per heavy atom. The van der Waals surface area contributed by atoms with Crippen LogP contribution in [0.4, 0.5) is 0 Å². The zero-order chi connectivity index (χ0) is 13.1. The SMILES string of the molecule is CC1CN(Cc2ccc(OCC3CC3)cc2)CCN1.Cl. The van der Waals surface area contributed by atoms with E-state index in [1.807, 2.05) is 0 Å². The van der Waals surface area contributed by atoms with Crippen molar-refractivity contribution in [1.82, 2.24) is 10.2 Å². The summed E-state index contributed by atoms with van der Waals surface area (Å²) in [5.74, 6) is 1.84. The van der Waals surface area contributed by atoms with Gasteiger partial charge in [-0.1, -0.05) is 12.1 Å². The highest BCUT2D eigenvalue weighted by Crippen LogP contribution is 2.29. The van der Waals surface area contributed by atoms with Crippen LogP contribution in [0.5, 0.6) is 5.75 Å². The number of hydrogen-bond acceptors (Lipinski definition) is 3. The molecule has 4 heteroatoms. The fraction of sp³-hybridized carbons (Fsp3) is 0.625. The van der Waals surface area contributed by atoms with E-state index in [0.29, 0.717) is 6.04 Å². The first-order valence-corrected chi connectivity index (χ1v) is 7.47. The Bertz CT molecular complexity index is 405. The first-order valence-electron chi connectivity index (χ1n) is 7.47. The molecular weight excluding hydrogens is 272 g/mol. The second-order valence-corrected chi connectivity index (χ2v) is 5.99. The molecule has 1 aliphatic carbocycles. The molecule has 1 aromatic rings. The molecule has 3 nitrogen and oxygen atoms in total. The molecule has 1 N–H and O–H groups in total. The van der Waals surface area contributed by atoms with E-state index in [4.69, 9.17) is 4.74 Å². The molecule has 0 bridgehead atoms. The highest BCUT2D eigenvalue weighted by molar-refractivity contribution is 5.85. The maximum absolute atomic E-state index is 5.77. The van der Waals surface area contributed by atoms with Crippen molar-refractivity contribution in [2.45, 2.75) is 32.4 Å². The molecule has 1 saturated heterocycles. The van der Waals surface area contributed by atoms with Crippen molar-refractivity contribution in [3.05, 3.63) is 29.8 Å². The normalized spacial score (nSPS) is 23.1. The van der Waals surface area contributed by atoms with Gasteiger partial charge in [0, 0.05) is 32.2 Å². The van der Waals surface area contributed by atoms with Crippen LogP contribution in [0.15, 0.2) is 24.3 Å². The van der Waals surface area contributed by atoms with Crippen LogP contribution in [0.25, 0.3) is 0 Å². The molecule has 3 rings (SSSR count). The number of halogens is 1. The van der Waals surface area contributed by atoms with E-state index in [-0.39, 0.29) is 12.4 Å². The average Bonchev–Trinajstić information content (AvgIpc) is 3.22. The lowest BCUT2D eigenvalue weighted by Crippen LogP contribution is -2.48. The number of nitrogens with zero attached hydrogens (tertiary/aromatic N) is 1. The van der Waals surface area contributed by atoms with E-state index >= 15 is 0 Å². The molecule has 0 aromatic heterocycles. The average molecular weight is 297 g/mol.